The van der Waals surface area contributed by atoms with E-state index in [0.717, 1.165) is 17.7 Å². The molecule has 4 nitrogen and oxygen atoms in total. The Morgan fingerprint density at radius 3 is 2.65 bits per heavy atom. The predicted molar refractivity (Wildman–Crippen MR) is 78.4 cm³/mol. The molecule has 0 amide bonds. The summed E-state index contributed by atoms with van der Waals surface area (Å²) in [7, 11) is 1.58. The fourth-order valence-electron chi connectivity index (χ4n) is 2.20. The molecule has 0 N–H and O–H groups in total. The minimum Gasteiger partial charge on any atom is -0.496 e. The van der Waals surface area contributed by atoms with Crippen molar-refractivity contribution in [2.45, 2.75) is 33.7 Å². The quantitative estimate of drug-likeness (QED) is 0.786. The van der Waals surface area contributed by atoms with E-state index in [1.165, 1.54) is 0 Å². The number of ketones is 1. The molecular weight excluding hydrogens is 252 g/mol. The minimum atomic E-state index is -0.0420. The molecule has 4 heteroatoms. The molecule has 0 bridgehead atoms. The van der Waals surface area contributed by atoms with Crippen LogP contribution in [0.2, 0.25) is 0 Å². The van der Waals surface area contributed by atoms with Gasteiger partial charge in [0, 0.05) is 6.54 Å². The number of methoxy groups -OCH3 is 1. The molecule has 1 aromatic heterocycles. The third-order valence-electron chi connectivity index (χ3n) is 3.32. The number of ether oxygens (including phenoxy) is 1. The number of carbonyl (C=O) groups is 1. The van der Waals surface area contributed by atoms with Crippen LogP contribution in [0.5, 0.6) is 5.75 Å². The zero-order valence-corrected chi connectivity index (χ0v) is 12.4. The summed E-state index contributed by atoms with van der Waals surface area (Å²) in [6.07, 6.45) is 0.818. The van der Waals surface area contributed by atoms with Gasteiger partial charge in [-0.1, -0.05) is 18.6 Å². The molecule has 1 heterocycles. The molecule has 0 spiro atoms. The molecule has 0 aliphatic rings. The number of hydrogen-bond donors (Lipinski definition) is 0. The molecule has 2 aromatic rings. The second-order valence-electron chi connectivity index (χ2n) is 4.72. The van der Waals surface area contributed by atoms with Gasteiger partial charge in [0.1, 0.15) is 11.4 Å². The van der Waals surface area contributed by atoms with Crippen molar-refractivity contribution in [1.29, 1.82) is 0 Å². The van der Waals surface area contributed by atoms with Gasteiger partial charge in [-0.15, -0.1) is 0 Å². The van der Waals surface area contributed by atoms with Crippen LogP contribution in [0.3, 0.4) is 0 Å². The van der Waals surface area contributed by atoms with Crippen molar-refractivity contribution >= 4 is 5.78 Å². The molecule has 0 unspecified atom stereocenters. The number of benzene rings is 1. The van der Waals surface area contributed by atoms with Crippen molar-refractivity contribution in [2.75, 3.05) is 7.11 Å². The third kappa shape index (κ3) is 2.59. The van der Waals surface area contributed by atoms with E-state index < -0.39 is 0 Å². The fraction of sp³-hybridized carbons (Fsp3) is 0.375. The molecule has 1 aromatic carbocycles. The maximum absolute atomic E-state index is 12.7. The second kappa shape index (κ2) is 5.90. The number of nitrogens with zero attached hydrogens (tertiary/aromatic N) is 2. The third-order valence-corrected chi connectivity index (χ3v) is 3.32. The van der Waals surface area contributed by atoms with E-state index in [1.807, 2.05) is 45.0 Å². The standard InChI is InChI=1S/C16H20N2O2/c1-5-12-10-14(18(6-2)17-12)16(19)13-9-11(3)7-8-15(13)20-4/h7-10H,5-6H2,1-4H3. The van der Waals surface area contributed by atoms with Crippen molar-refractivity contribution in [3.63, 3.8) is 0 Å². The van der Waals surface area contributed by atoms with E-state index in [2.05, 4.69) is 5.10 Å². The van der Waals surface area contributed by atoms with Gasteiger partial charge in [0.15, 0.2) is 0 Å². The van der Waals surface area contributed by atoms with Crippen molar-refractivity contribution in [1.82, 2.24) is 9.78 Å². The molecule has 0 aliphatic heterocycles. The Morgan fingerprint density at radius 2 is 2.05 bits per heavy atom. The van der Waals surface area contributed by atoms with E-state index in [0.29, 0.717) is 23.6 Å². The lowest BCUT2D eigenvalue weighted by molar-refractivity contribution is 0.102. The van der Waals surface area contributed by atoms with E-state index in [4.69, 9.17) is 4.74 Å². The van der Waals surface area contributed by atoms with E-state index >= 15 is 0 Å². The first kappa shape index (κ1) is 14.3. The Morgan fingerprint density at radius 1 is 1.30 bits per heavy atom. The molecule has 0 fully saturated rings. The summed E-state index contributed by atoms with van der Waals surface area (Å²) >= 11 is 0. The van der Waals surface area contributed by atoms with Crippen LogP contribution >= 0.6 is 0 Å². The second-order valence-corrected chi connectivity index (χ2v) is 4.72. The van der Waals surface area contributed by atoms with Gasteiger partial charge in [-0.25, -0.2) is 0 Å². The van der Waals surface area contributed by atoms with Gasteiger partial charge >= 0.3 is 0 Å². The van der Waals surface area contributed by atoms with Crippen LogP contribution in [0.25, 0.3) is 0 Å². The van der Waals surface area contributed by atoms with E-state index in [9.17, 15) is 4.79 Å². The fourth-order valence-corrected chi connectivity index (χ4v) is 2.20. The maximum atomic E-state index is 12.7. The van der Waals surface area contributed by atoms with Crippen molar-refractivity contribution in [3.05, 3.63) is 46.8 Å². The van der Waals surface area contributed by atoms with Crippen molar-refractivity contribution in [2.24, 2.45) is 0 Å². The van der Waals surface area contributed by atoms with Gasteiger partial charge in [-0.05, 0) is 38.5 Å². The van der Waals surface area contributed by atoms with Gasteiger partial charge in [-0.2, -0.15) is 5.10 Å². The summed E-state index contributed by atoms with van der Waals surface area (Å²) in [6.45, 7) is 6.65. The zero-order valence-electron chi connectivity index (χ0n) is 12.4. The highest BCUT2D eigenvalue weighted by molar-refractivity contribution is 6.09. The summed E-state index contributed by atoms with van der Waals surface area (Å²) in [5.74, 6) is 0.558. The normalized spacial score (nSPS) is 10.6. The highest BCUT2D eigenvalue weighted by Crippen LogP contribution is 2.23. The van der Waals surface area contributed by atoms with Gasteiger partial charge in [0.2, 0.25) is 5.78 Å². The summed E-state index contributed by atoms with van der Waals surface area (Å²) in [5.41, 5.74) is 3.17. The van der Waals surface area contributed by atoms with Crippen LogP contribution in [0.15, 0.2) is 24.3 Å². The zero-order chi connectivity index (χ0) is 14.7. The summed E-state index contributed by atoms with van der Waals surface area (Å²) < 4.78 is 7.05. The van der Waals surface area contributed by atoms with E-state index in [1.54, 1.807) is 11.8 Å². The van der Waals surface area contributed by atoms with Gasteiger partial charge in [0.25, 0.3) is 0 Å². The number of hydrogen-bond acceptors (Lipinski definition) is 3. The number of rotatable bonds is 5. The Labute approximate surface area is 119 Å². The first-order chi connectivity index (χ1) is 9.60. The summed E-state index contributed by atoms with van der Waals surface area (Å²) in [5, 5.41) is 4.43. The monoisotopic (exact) mass is 272 g/mol. The van der Waals surface area contributed by atoms with Crippen molar-refractivity contribution < 1.29 is 9.53 Å². The lowest BCUT2D eigenvalue weighted by atomic mass is 10.0. The SMILES string of the molecule is CCc1cc(C(=O)c2cc(C)ccc2OC)n(CC)n1. The van der Waals surface area contributed by atoms with E-state index in [-0.39, 0.29) is 5.78 Å². The van der Waals surface area contributed by atoms with Crippen molar-refractivity contribution in [3.8, 4) is 5.75 Å². The molecule has 2 rings (SSSR count). The van der Waals surface area contributed by atoms with Gasteiger partial charge in [0.05, 0.1) is 18.4 Å². The lowest BCUT2D eigenvalue weighted by Gasteiger charge is -2.09. The molecule has 106 valence electrons. The Bertz CT molecular complexity index is 629. The smallest absolute Gasteiger partial charge is 0.214 e. The lowest BCUT2D eigenvalue weighted by Crippen LogP contribution is -2.11. The number of carbonyl (C=O) groups excluding carboxylic acids is 1. The predicted octanol–water partition coefficient (Wildman–Crippen LogP) is 3.01. The average molecular weight is 272 g/mol. The first-order valence-corrected chi connectivity index (χ1v) is 6.86. The van der Waals surface area contributed by atoms with Crippen LogP contribution in [0, 0.1) is 6.92 Å². The van der Waals surface area contributed by atoms with Crippen LogP contribution in [0.4, 0.5) is 0 Å². The Balaban J connectivity index is 2.50. The molecule has 0 saturated heterocycles. The first-order valence-electron chi connectivity index (χ1n) is 6.86. The van der Waals surface area contributed by atoms with Crippen LogP contribution in [-0.4, -0.2) is 22.7 Å². The topological polar surface area (TPSA) is 44.1 Å². The largest absolute Gasteiger partial charge is 0.496 e. The molecule has 0 saturated carbocycles. The molecule has 0 radical (unpaired) electrons. The molecular formula is C16H20N2O2. The molecule has 20 heavy (non-hydrogen) atoms. The summed E-state index contributed by atoms with van der Waals surface area (Å²) in [4.78, 5) is 12.7. The van der Waals surface area contributed by atoms with Gasteiger partial charge in [-0.3, -0.25) is 9.48 Å². The molecule has 0 aliphatic carbocycles. The van der Waals surface area contributed by atoms with Crippen LogP contribution in [0.1, 0.15) is 41.2 Å². The Hall–Kier alpha value is -2.10. The Kier molecular flexibility index (Phi) is 4.23. The average Bonchev–Trinajstić information content (AvgIpc) is 2.89. The van der Waals surface area contributed by atoms with Crippen LogP contribution < -0.4 is 4.74 Å². The van der Waals surface area contributed by atoms with Crippen LogP contribution in [-0.2, 0) is 13.0 Å². The number of aryl methyl sites for hydroxylation is 3. The minimum absolute atomic E-state index is 0.0420. The maximum Gasteiger partial charge on any atom is 0.214 e. The molecule has 0 atom stereocenters. The number of aromatic nitrogens is 2. The van der Waals surface area contributed by atoms with Gasteiger partial charge < -0.3 is 4.74 Å². The highest BCUT2D eigenvalue weighted by Gasteiger charge is 2.19. The summed E-state index contributed by atoms with van der Waals surface area (Å²) in [6, 6.07) is 7.49. The highest BCUT2D eigenvalue weighted by atomic mass is 16.5.